The summed E-state index contributed by atoms with van der Waals surface area (Å²) in [5, 5.41) is 26.1. The lowest BCUT2D eigenvalue weighted by atomic mass is 10.3. The van der Waals surface area contributed by atoms with Crippen molar-refractivity contribution in [1.29, 1.82) is 10.5 Å². The van der Waals surface area contributed by atoms with Crippen LogP contribution < -0.4 is 0 Å². The Bertz CT molecular complexity index is 190. The van der Waals surface area contributed by atoms with Gasteiger partial charge in [-0.25, -0.2) is 0 Å². The second kappa shape index (κ2) is 7.51. The molecule has 13 heavy (non-hydrogen) atoms. The maximum absolute atomic E-state index is 9.29. The summed E-state index contributed by atoms with van der Waals surface area (Å²) in [5.74, 6) is 0. The third kappa shape index (κ3) is 6.06. The van der Waals surface area contributed by atoms with E-state index < -0.39 is 6.10 Å². The molecule has 0 aliphatic carbocycles. The lowest BCUT2D eigenvalue weighted by Gasteiger charge is -2.18. The molecule has 0 aliphatic rings. The van der Waals surface area contributed by atoms with Crippen molar-refractivity contribution in [2.45, 2.75) is 6.10 Å². The van der Waals surface area contributed by atoms with Gasteiger partial charge in [-0.15, -0.1) is 0 Å². The van der Waals surface area contributed by atoms with Gasteiger partial charge in [0.15, 0.2) is 0 Å². The van der Waals surface area contributed by atoms with Crippen molar-refractivity contribution in [3.05, 3.63) is 0 Å². The van der Waals surface area contributed by atoms with Gasteiger partial charge in [0, 0.05) is 13.7 Å². The zero-order valence-corrected chi connectivity index (χ0v) is 7.60. The molecule has 0 bridgehead atoms. The van der Waals surface area contributed by atoms with Crippen molar-refractivity contribution in [3.63, 3.8) is 0 Å². The van der Waals surface area contributed by atoms with Crippen molar-refractivity contribution in [2.75, 3.05) is 33.4 Å². The quantitative estimate of drug-likeness (QED) is 0.553. The fourth-order valence-corrected chi connectivity index (χ4v) is 0.928. The van der Waals surface area contributed by atoms with E-state index in [1.807, 2.05) is 12.1 Å². The van der Waals surface area contributed by atoms with Gasteiger partial charge in [-0.1, -0.05) is 0 Å². The standard InChI is InChI=1S/C8H13N3O2/c1-13-7-8(12)6-11(4-2-9)5-3-10/h8,12H,4-7H2,1H3. The number of aliphatic hydroxyl groups is 1. The largest absolute Gasteiger partial charge is 0.389 e. The number of nitriles is 2. The number of hydrogen-bond donors (Lipinski definition) is 1. The highest BCUT2D eigenvalue weighted by Crippen LogP contribution is 1.92. The van der Waals surface area contributed by atoms with Crippen molar-refractivity contribution in [1.82, 2.24) is 4.90 Å². The molecule has 0 spiro atoms. The maximum atomic E-state index is 9.29. The van der Waals surface area contributed by atoms with Gasteiger partial charge in [0.25, 0.3) is 0 Å². The first-order valence-corrected chi connectivity index (χ1v) is 3.87. The van der Waals surface area contributed by atoms with E-state index in [0.717, 1.165) is 0 Å². The van der Waals surface area contributed by atoms with Gasteiger partial charge in [-0.3, -0.25) is 4.90 Å². The monoisotopic (exact) mass is 183 g/mol. The SMILES string of the molecule is COCC(O)CN(CC#N)CC#N. The fraction of sp³-hybridized carbons (Fsp3) is 0.750. The predicted molar refractivity (Wildman–Crippen MR) is 45.5 cm³/mol. The van der Waals surface area contributed by atoms with E-state index in [0.29, 0.717) is 0 Å². The fourth-order valence-electron chi connectivity index (χ4n) is 0.928. The molecule has 1 unspecified atom stereocenters. The smallest absolute Gasteiger partial charge is 0.0900 e. The number of ether oxygens (including phenoxy) is 1. The van der Waals surface area contributed by atoms with Crippen LogP contribution in [0.2, 0.25) is 0 Å². The van der Waals surface area contributed by atoms with E-state index >= 15 is 0 Å². The second-order valence-corrected chi connectivity index (χ2v) is 2.60. The van der Waals surface area contributed by atoms with E-state index in [1.54, 1.807) is 4.90 Å². The van der Waals surface area contributed by atoms with Gasteiger partial charge in [-0.05, 0) is 0 Å². The summed E-state index contributed by atoms with van der Waals surface area (Å²) in [4.78, 5) is 1.56. The lowest BCUT2D eigenvalue weighted by Crippen LogP contribution is -2.35. The summed E-state index contributed by atoms with van der Waals surface area (Å²) in [6.45, 7) is 0.797. The van der Waals surface area contributed by atoms with E-state index in [4.69, 9.17) is 15.3 Å². The molecule has 0 amide bonds. The highest BCUT2D eigenvalue weighted by molar-refractivity contribution is 4.84. The summed E-state index contributed by atoms with van der Waals surface area (Å²) < 4.78 is 4.72. The predicted octanol–water partition coefficient (Wildman–Crippen LogP) is -0.657. The lowest BCUT2D eigenvalue weighted by molar-refractivity contribution is 0.0432. The summed E-state index contributed by atoms with van der Waals surface area (Å²) >= 11 is 0. The molecule has 0 fully saturated rings. The highest BCUT2D eigenvalue weighted by Gasteiger charge is 2.10. The Morgan fingerprint density at radius 2 is 1.92 bits per heavy atom. The van der Waals surface area contributed by atoms with E-state index in [-0.39, 0.29) is 26.2 Å². The molecular formula is C8H13N3O2. The number of hydrogen-bond acceptors (Lipinski definition) is 5. The van der Waals surface area contributed by atoms with Crippen LogP contribution in [0.15, 0.2) is 0 Å². The van der Waals surface area contributed by atoms with Crippen LogP contribution in [0.1, 0.15) is 0 Å². The molecule has 0 heterocycles. The van der Waals surface area contributed by atoms with Crippen LogP contribution in [-0.4, -0.2) is 49.5 Å². The van der Waals surface area contributed by atoms with Crippen molar-refractivity contribution >= 4 is 0 Å². The van der Waals surface area contributed by atoms with Gasteiger partial charge in [0.2, 0.25) is 0 Å². The molecule has 0 saturated carbocycles. The van der Waals surface area contributed by atoms with Crippen LogP contribution in [-0.2, 0) is 4.74 Å². The molecule has 0 radical (unpaired) electrons. The van der Waals surface area contributed by atoms with Crippen LogP contribution >= 0.6 is 0 Å². The van der Waals surface area contributed by atoms with E-state index in [9.17, 15) is 5.11 Å². The molecule has 5 heteroatoms. The van der Waals surface area contributed by atoms with Crippen LogP contribution in [0, 0.1) is 22.7 Å². The van der Waals surface area contributed by atoms with Gasteiger partial charge < -0.3 is 9.84 Å². The topological polar surface area (TPSA) is 80.3 Å². The zero-order chi connectivity index (χ0) is 10.1. The molecule has 0 aromatic rings. The zero-order valence-electron chi connectivity index (χ0n) is 7.60. The number of rotatable bonds is 6. The van der Waals surface area contributed by atoms with Crippen LogP contribution in [0.25, 0.3) is 0 Å². The molecule has 1 N–H and O–H groups in total. The van der Waals surface area contributed by atoms with Crippen LogP contribution in [0.5, 0.6) is 0 Å². The normalized spacial score (nSPS) is 12.1. The average Bonchev–Trinajstić information content (AvgIpc) is 2.05. The third-order valence-electron chi connectivity index (χ3n) is 1.42. The molecule has 72 valence electrons. The van der Waals surface area contributed by atoms with Crippen molar-refractivity contribution in [3.8, 4) is 12.1 Å². The molecule has 1 atom stereocenters. The summed E-state index contributed by atoms with van der Waals surface area (Å²) in [5.41, 5.74) is 0. The first kappa shape index (κ1) is 11.9. The van der Waals surface area contributed by atoms with Crippen molar-refractivity contribution < 1.29 is 9.84 Å². The van der Waals surface area contributed by atoms with E-state index in [1.165, 1.54) is 7.11 Å². The Balaban J connectivity index is 3.81. The van der Waals surface area contributed by atoms with Gasteiger partial charge >= 0.3 is 0 Å². The molecule has 0 rings (SSSR count). The summed E-state index contributed by atoms with van der Waals surface area (Å²) in [7, 11) is 1.49. The Morgan fingerprint density at radius 3 is 2.31 bits per heavy atom. The molecule has 0 aromatic heterocycles. The first-order chi connectivity index (χ1) is 6.24. The van der Waals surface area contributed by atoms with Gasteiger partial charge in [0.1, 0.15) is 0 Å². The minimum atomic E-state index is -0.647. The average molecular weight is 183 g/mol. The van der Waals surface area contributed by atoms with E-state index in [2.05, 4.69) is 0 Å². The summed E-state index contributed by atoms with van der Waals surface area (Å²) in [6.07, 6.45) is -0.647. The Hall–Kier alpha value is -1.14. The number of aliphatic hydroxyl groups excluding tert-OH is 1. The number of methoxy groups -OCH3 is 1. The molecule has 0 aromatic carbocycles. The Morgan fingerprint density at radius 1 is 1.38 bits per heavy atom. The molecule has 0 aliphatic heterocycles. The molecule has 5 nitrogen and oxygen atoms in total. The second-order valence-electron chi connectivity index (χ2n) is 2.60. The third-order valence-corrected chi connectivity index (χ3v) is 1.42. The minimum absolute atomic E-state index is 0.147. The minimum Gasteiger partial charge on any atom is -0.389 e. The van der Waals surface area contributed by atoms with Gasteiger partial charge in [0.05, 0.1) is 37.9 Å². The molecule has 0 saturated heterocycles. The number of nitrogens with zero attached hydrogens (tertiary/aromatic N) is 3. The Kier molecular flexibility index (Phi) is 6.85. The Labute approximate surface area is 77.7 Å². The van der Waals surface area contributed by atoms with Gasteiger partial charge in [-0.2, -0.15) is 10.5 Å². The summed E-state index contributed by atoms with van der Waals surface area (Å²) in [6, 6.07) is 3.85. The first-order valence-electron chi connectivity index (χ1n) is 3.87. The maximum Gasteiger partial charge on any atom is 0.0900 e. The van der Waals surface area contributed by atoms with Crippen molar-refractivity contribution in [2.24, 2.45) is 0 Å². The highest BCUT2D eigenvalue weighted by atomic mass is 16.5. The molecular weight excluding hydrogens is 170 g/mol. The van der Waals surface area contributed by atoms with Crippen LogP contribution in [0.4, 0.5) is 0 Å². The van der Waals surface area contributed by atoms with Crippen LogP contribution in [0.3, 0.4) is 0 Å².